The normalized spacial score (nSPS) is 21.4. The number of nitrogens with one attached hydrogen (secondary N) is 1. The number of sulfone groups is 1. The molecule has 6 nitrogen and oxygen atoms in total. The smallest absolute Gasteiger partial charge is 0.274 e. The van der Waals surface area contributed by atoms with E-state index in [0.29, 0.717) is 24.1 Å². The summed E-state index contributed by atoms with van der Waals surface area (Å²) in [6, 6.07) is 4.81. The largest absolute Gasteiger partial charge is 0.381 e. The van der Waals surface area contributed by atoms with Gasteiger partial charge in [-0.2, -0.15) is 0 Å². The Labute approximate surface area is 118 Å². The first-order valence-corrected chi connectivity index (χ1v) is 8.47. The molecule has 1 aliphatic heterocycles. The minimum Gasteiger partial charge on any atom is -0.381 e. The number of rotatable bonds is 4. The van der Waals surface area contributed by atoms with Gasteiger partial charge in [0.15, 0.2) is 9.84 Å². The van der Waals surface area contributed by atoms with Crippen LogP contribution in [0.5, 0.6) is 0 Å². The van der Waals surface area contributed by atoms with E-state index >= 15 is 0 Å². The van der Waals surface area contributed by atoms with Crippen LogP contribution in [0.25, 0.3) is 0 Å². The van der Waals surface area contributed by atoms with Crippen LogP contribution in [-0.2, 0) is 16.3 Å². The zero-order valence-electron chi connectivity index (χ0n) is 11.3. The fourth-order valence-electron chi connectivity index (χ4n) is 2.49. The Balaban J connectivity index is 2.17. The van der Waals surface area contributed by atoms with Gasteiger partial charge in [-0.05, 0) is 25.3 Å². The first kappa shape index (κ1) is 14.8. The molecule has 2 rings (SSSR count). The summed E-state index contributed by atoms with van der Waals surface area (Å²) >= 11 is 0. The Kier molecular flexibility index (Phi) is 4.27. The van der Waals surface area contributed by atoms with E-state index in [1.807, 2.05) is 6.92 Å². The predicted octanol–water partition coefficient (Wildman–Crippen LogP) is 2.15. The van der Waals surface area contributed by atoms with Crippen molar-refractivity contribution in [2.24, 2.45) is 0 Å². The number of nitro groups is 1. The van der Waals surface area contributed by atoms with Crippen molar-refractivity contribution >= 4 is 21.2 Å². The number of aryl methyl sites for hydroxylation is 1. The number of hydrogen-bond donors (Lipinski definition) is 1. The molecule has 1 aromatic rings. The highest BCUT2D eigenvalue weighted by molar-refractivity contribution is 7.91. The number of nitrogens with zero attached hydrogens (tertiary/aromatic N) is 1. The van der Waals surface area contributed by atoms with E-state index in [1.165, 1.54) is 6.07 Å². The summed E-state index contributed by atoms with van der Waals surface area (Å²) in [7, 11) is -2.99. The lowest BCUT2D eigenvalue weighted by molar-refractivity contribution is -0.385. The lowest BCUT2D eigenvalue weighted by Crippen LogP contribution is -2.34. The molecule has 1 unspecified atom stereocenters. The summed E-state index contributed by atoms with van der Waals surface area (Å²) in [5.41, 5.74) is 1.36. The maximum Gasteiger partial charge on any atom is 0.274 e. The zero-order chi connectivity index (χ0) is 14.8. The molecule has 0 amide bonds. The topological polar surface area (TPSA) is 89.3 Å². The molecule has 0 aliphatic carbocycles. The summed E-state index contributed by atoms with van der Waals surface area (Å²) in [4.78, 5) is 10.6. The summed E-state index contributed by atoms with van der Waals surface area (Å²) in [5, 5.41) is 14.1. The van der Waals surface area contributed by atoms with Gasteiger partial charge >= 0.3 is 0 Å². The highest BCUT2D eigenvalue weighted by atomic mass is 32.2. The summed E-state index contributed by atoms with van der Waals surface area (Å²) in [5.74, 6) is 0.330. The SMILES string of the molecule is CCc1ccc(NC2CCCS(=O)(=O)C2)cc1[N+](=O)[O-]. The van der Waals surface area contributed by atoms with Gasteiger partial charge in [0.1, 0.15) is 0 Å². The Morgan fingerprint density at radius 1 is 1.45 bits per heavy atom. The number of nitro benzene ring substituents is 1. The standard InChI is InChI=1S/C13H18N2O4S/c1-2-10-5-6-11(8-13(10)15(16)17)14-12-4-3-7-20(18,19)9-12/h5-6,8,12,14H,2-4,7,9H2,1H3. The van der Waals surface area contributed by atoms with Gasteiger partial charge in [0.05, 0.1) is 16.4 Å². The lowest BCUT2D eigenvalue weighted by Gasteiger charge is -2.24. The number of anilines is 1. The van der Waals surface area contributed by atoms with Crippen LogP contribution in [0.15, 0.2) is 18.2 Å². The third kappa shape index (κ3) is 3.47. The van der Waals surface area contributed by atoms with E-state index < -0.39 is 14.8 Å². The van der Waals surface area contributed by atoms with Crippen molar-refractivity contribution in [2.45, 2.75) is 32.2 Å². The molecule has 7 heteroatoms. The number of benzene rings is 1. The van der Waals surface area contributed by atoms with E-state index in [1.54, 1.807) is 12.1 Å². The Hall–Kier alpha value is -1.63. The van der Waals surface area contributed by atoms with Crippen molar-refractivity contribution < 1.29 is 13.3 Å². The molecule has 1 aromatic carbocycles. The van der Waals surface area contributed by atoms with E-state index in [9.17, 15) is 18.5 Å². The van der Waals surface area contributed by atoms with E-state index in [0.717, 1.165) is 6.42 Å². The maximum absolute atomic E-state index is 11.6. The fraction of sp³-hybridized carbons (Fsp3) is 0.538. The second-order valence-corrected chi connectivity index (χ2v) is 7.28. The average Bonchev–Trinajstić information content (AvgIpc) is 2.37. The lowest BCUT2D eigenvalue weighted by atomic mass is 10.1. The van der Waals surface area contributed by atoms with Gasteiger partial charge in [-0.25, -0.2) is 8.42 Å². The van der Waals surface area contributed by atoms with E-state index in [2.05, 4.69) is 5.32 Å². The molecule has 0 aromatic heterocycles. The molecule has 0 saturated carbocycles. The van der Waals surface area contributed by atoms with Crippen LogP contribution in [-0.4, -0.2) is 30.9 Å². The summed E-state index contributed by atoms with van der Waals surface area (Å²) in [6.07, 6.45) is 1.99. The molecule has 1 fully saturated rings. The molecule has 1 saturated heterocycles. The fourth-order valence-corrected chi connectivity index (χ4v) is 4.13. The summed E-state index contributed by atoms with van der Waals surface area (Å²) < 4.78 is 23.2. The number of hydrogen-bond acceptors (Lipinski definition) is 5. The Morgan fingerprint density at radius 2 is 2.20 bits per heavy atom. The summed E-state index contributed by atoms with van der Waals surface area (Å²) in [6.45, 7) is 1.86. The van der Waals surface area contributed by atoms with Crippen LogP contribution in [0.2, 0.25) is 0 Å². The minimum absolute atomic E-state index is 0.0798. The monoisotopic (exact) mass is 298 g/mol. The van der Waals surface area contributed by atoms with Crippen molar-refractivity contribution in [3.8, 4) is 0 Å². The third-order valence-electron chi connectivity index (χ3n) is 3.50. The Bertz CT molecular complexity index is 613. The van der Waals surface area contributed by atoms with Gasteiger partial charge in [0.25, 0.3) is 5.69 Å². The third-order valence-corrected chi connectivity index (χ3v) is 5.32. The van der Waals surface area contributed by atoms with Gasteiger partial charge in [-0.3, -0.25) is 10.1 Å². The molecule has 1 heterocycles. The minimum atomic E-state index is -2.99. The van der Waals surface area contributed by atoms with Gasteiger partial charge in [0, 0.05) is 23.4 Å². The molecule has 0 radical (unpaired) electrons. The van der Waals surface area contributed by atoms with E-state index in [-0.39, 0.29) is 23.2 Å². The predicted molar refractivity (Wildman–Crippen MR) is 77.8 cm³/mol. The van der Waals surface area contributed by atoms with Crippen molar-refractivity contribution in [2.75, 3.05) is 16.8 Å². The van der Waals surface area contributed by atoms with Crippen LogP contribution in [0.4, 0.5) is 11.4 Å². The molecule has 0 spiro atoms. The molecule has 0 bridgehead atoms. The molecule has 110 valence electrons. The van der Waals surface area contributed by atoms with Crippen LogP contribution in [0, 0.1) is 10.1 Å². The second kappa shape index (κ2) is 5.78. The van der Waals surface area contributed by atoms with Crippen LogP contribution < -0.4 is 5.32 Å². The quantitative estimate of drug-likeness (QED) is 0.679. The van der Waals surface area contributed by atoms with Crippen molar-refractivity contribution in [3.05, 3.63) is 33.9 Å². The van der Waals surface area contributed by atoms with Crippen molar-refractivity contribution in [3.63, 3.8) is 0 Å². The van der Waals surface area contributed by atoms with Gasteiger partial charge in [0.2, 0.25) is 0 Å². The zero-order valence-corrected chi connectivity index (χ0v) is 12.1. The first-order chi connectivity index (χ1) is 9.41. The van der Waals surface area contributed by atoms with Crippen molar-refractivity contribution in [1.82, 2.24) is 0 Å². The van der Waals surface area contributed by atoms with Crippen LogP contribution in [0.1, 0.15) is 25.3 Å². The van der Waals surface area contributed by atoms with Gasteiger partial charge < -0.3 is 5.32 Å². The first-order valence-electron chi connectivity index (χ1n) is 6.65. The molecular weight excluding hydrogens is 280 g/mol. The van der Waals surface area contributed by atoms with Crippen LogP contribution >= 0.6 is 0 Å². The Morgan fingerprint density at radius 3 is 2.80 bits per heavy atom. The highest BCUT2D eigenvalue weighted by Gasteiger charge is 2.25. The average molecular weight is 298 g/mol. The van der Waals surface area contributed by atoms with E-state index in [4.69, 9.17) is 0 Å². The van der Waals surface area contributed by atoms with Crippen molar-refractivity contribution in [1.29, 1.82) is 0 Å². The molecule has 1 aliphatic rings. The maximum atomic E-state index is 11.6. The van der Waals surface area contributed by atoms with Gasteiger partial charge in [-0.1, -0.05) is 13.0 Å². The second-order valence-electron chi connectivity index (χ2n) is 5.05. The van der Waals surface area contributed by atoms with Gasteiger partial charge in [-0.15, -0.1) is 0 Å². The highest BCUT2D eigenvalue weighted by Crippen LogP contribution is 2.25. The molecule has 1 N–H and O–H groups in total. The molecule has 20 heavy (non-hydrogen) atoms. The molecule has 1 atom stereocenters. The molecular formula is C13H18N2O4S. The van der Waals surface area contributed by atoms with Crippen LogP contribution in [0.3, 0.4) is 0 Å².